The summed E-state index contributed by atoms with van der Waals surface area (Å²) in [6, 6.07) is -0.842. The molecule has 102 valence electrons. The van der Waals surface area contributed by atoms with Gasteiger partial charge >= 0.3 is 12.0 Å². The predicted molar refractivity (Wildman–Crippen MR) is 63.5 cm³/mol. The van der Waals surface area contributed by atoms with E-state index in [9.17, 15) is 14.4 Å². The number of urea groups is 1. The molecule has 0 saturated carbocycles. The maximum absolute atomic E-state index is 11.4. The Labute approximate surface area is 106 Å². The van der Waals surface area contributed by atoms with Crippen LogP contribution in [0.3, 0.4) is 0 Å². The highest BCUT2D eigenvalue weighted by Gasteiger charge is 2.26. The predicted octanol–water partition coefficient (Wildman–Crippen LogP) is -0.544. The van der Waals surface area contributed by atoms with Crippen LogP contribution in [0.1, 0.15) is 19.3 Å². The average Bonchev–Trinajstić information content (AvgIpc) is 2.35. The Morgan fingerprint density at radius 3 is 2.78 bits per heavy atom. The maximum Gasteiger partial charge on any atom is 0.318 e. The number of imide groups is 1. The minimum atomic E-state index is -0.842. The van der Waals surface area contributed by atoms with Crippen molar-refractivity contribution in [3.05, 3.63) is 0 Å². The highest BCUT2D eigenvalue weighted by molar-refractivity contribution is 5.93. The van der Waals surface area contributed by atoms with Crippen molar-refractivity contribution in [3.63, 3.8) is 0 Å². The van der Waals surface area contributed by atoms with Gasteiger partial charge < -0.3 is 15.4 Å². The molecule has 1 aliphatic heterocycles. The lowest BCUT2D eigenvalue weighted by Gasteiger charge is -2.30. The van der Waals surface area contributed by atoms with Gasteiger partial charge in [-0.05, 0) is 19.4 Å². The van der Waals surface area contributed by atoms with Gasteiger partial charge in [-0.25, -0.2) is 4.79 Å². The van der Waals surface area contributed by atoms with Gasteiger partial charge in [0.1, 0.15) is 0 Å². The first-order chi connectivity index (χ1) is 8.52. The fraction of sp³-hybridized carbons (Fsp3) is 0.727. The normalized spacial score (nSPS) is 20.2. The number of hydrogen-bond acceptors (Lipinski definition) is 5. The summed E-state index contributed by atoms with van der Waals surface area (Å²) in [5.41, 5.74) is 4.84. The van der Waals surface area contributed by atoms with E-state index < -0.39 is 11.9 Å². The van der Waals surface area contributed by atoms with E-state index >= 15 is 0 Å². The van der Waals surface area contributed by atoms with E-state index in [1.807, 2.05) is 10.2 Å². The van der Waals surface area contributed by atoms with Crippen molar-refractivity contribution >= 4 is 17.9 Å². The molecule has 0 aliphatic carbocycles. The van der Waals surface area contributed by atoms with Crippen LogP contribution in [0.5, 0.6) is 0 Å². The van der Waals surface area contributed by atoms with Gasteiger partial charge in [0.15, 0.2) is 0 Å². The minimum absolute atomic E-state index is 0.122. The number of amides is 3. The Balaban J connectivity index is 2.32. The van der Waals surface area contributed by atoms with Crippen LogP contribution < -0.4 is 11.1 Å². The number of nitrogens with two attached hydrogens (primary N) is 1. The van der Waals surface area contributed by atoms with Gasteiger partial charge in [0.25, 0.3) is 0 Å². The molecule has 0 spiro atoms. The zero-order valence-corrected chi connectivity index (χ0v) is 10.5. The van der Waals surface area contributed by atoms with Crippen molar-refractivity contribution in [2.45, 2.75) is 19.3 Å². The number of nitrogens with zero attached hydrogens (tertiary/aromatic N) is 1. The topological polar surface area (TPSA) is 102 Å². The second-order valence-electron chi connectivity index (χ2n) is 4.33. The van der Waals surface area contributed by atoms with E-state index in [-0.39, 0.29) is 18.3 Å². The Morgan fingerprint density at radius 1 is 1.44 bits per heavy atom. The summed E-state index contributed by atoms with van der Waals surface area (Å²) in [4.78, 5) is 35.1. The maximum atomic E-state index is 11.4. The van der Waals surface area contributed by atoms with E-state index in [1.165, 1.54) is 7.11 Å². The summed E-state index contributed by atoms with van der Waals surface area (Å²) in [7, 11) is 1.38. The summed E-state index contributed by atoms with van der Waals surface area (Å²) in [5, 5.41) is 2.01. The first-order valence-electron chi connectivity index (χ1n) is 5.92. The molecular weight excluding hydrogens is 238 g/mol. The molecule has 1 unspecified atom stereocenters. The van der Waals surface area contributed by atoms with Gasteiger partial charge in [-0.15, -0.1) is 0 Å². The zero-order valence-electron chi connectivity index (χ0n) is 10.5. The summed E-state index contributed by atoms with van der Waals surface area (Å²) >= 11 is 0. The van der Waals surface area contributed by atoms with E-state index in [2.05, 4.69) is 0 Å². The van der Waals surface area contributed by atoms with Gasteiger partial charge in [0.2, 0.25) is 5.91 Å². The molecule has 1 heterocycles. The number of methoxy groups -OCH3 is 1. The van der Waals surface area contributed by atoms with E-state index in [0.29, 0.717) is 13.1 Å². The number of ether oxygens (including phenoxy) is 1. The lowest BCUT2D eigenvalue weighted by Crippen LogP contribution is -2.42. The van der Waals surface area contributed by atoms with Crippen LogP contribution >= 0.6 is 0 Å². The second kappa shape index (κ2) is 6.95. The summed E-state index contributed by atoms with van der Waals surface area (Å²) in [6.45, 7) is 1.94. The Morgan fingerprint density at radius 2 is 2.17 bits per heavy atom. The van der Waals surface area contributed by atoms with Crippen molar-refractivity contribution in [1.29, 1.82) is 0 Å². The van der Waals surface area contributed by atoms with Crippen molar-refractivity contribution < 1.29 is 19.1 Å². The summed E-state index contributed by atoms with van der Waals surface area (Å²) in [6.07, 6.45) is 1.91. The lowest BCUT2D eigenvalue weighted by atomic mass is 9.98. The quantitative estimate of drug-likeness (QED) is 0.658. The Bertz CT molecular complexity index is 332. The average molecular weight is 257 g/mol. The molecule has 1 aliphatic rings. The third kappa shape index (κ3) is 4.70. The molecule has 0 aromatic carbocycles. The molecule has 1 rings (SSSR count). The number of carbonyl (C=O) groups excluding carboxylic acids is 3. The number of likely N-dealkylation sites (tertiary alicyclic amines) is 1. The molecule has 7 heteroatoms. The first kappa shape index (κ1) is 14.4. The van der Waals surface area contributed by atoms with Crippen molar-refractivity contribution in [3.8, 4) is 0 Å². The van der Waals surface area contributed by atoms with Crippen LogP contribution in [0.15, 0.2) is 0 Å². The van der Waals surface area contributed by atoms with Crippen LogP contribution in [0.2, 0.25) is 0 Å². The molecule has 0 aromatic rings. The minimum Gasteiger partial charge on any atom is -0.469 e. The smallest absolute Gasteiger partial charge is 0.318 e. The third-order valence-corrected chi connectivity index (χ3v) is 2.96. The molecule has 1 atom stereocenters. The van der Waals surface area contributed by atoms with Gasteiger partial charge in [0.05, 0.1) is 13.0 Å². The van der Waals surface area contributed by atoms with Crippen molar-refractivity contribution in [2.75, 3.05) is 26.7 Å². The number of nitrogens with one attached hydrogen (secondary N) is 1. The van der Waals surface area contributed by atoms with Gasteiger partial charge in [-0.1, -0.05) is 0 Å². The number of primary amides is 1. The molecule has 0 bridgehead atoms. The number of rotatable bonds is 4. The number of hydrogen-bond donors (Lipinski definition) is 2. The Hall–Kier alpha value is -1.63. The van der Waals surface area contributed by atoms with Crippen LogP contribution in [0, 0.1) is 5.92 Å². The molecule has 3 amide bonds. The Kier molecular flexibility index (Phi) is 5.57. The van der Waals surface area contributed by atoms with Crippen LogP contribution in [0.4, 0.5) is 4.79 Å². The molecule has 3 N–H and O–H groups in total. The summed E-state index contributed by atoms with van der Waals surface area (Å²) < 4.78 is 4.71. The SMILES string of the molecule is COC(=O)C1CCCN(CCC(=O)NC(N)=O)C1. The van der Waals surface area contributed by atoms with Crippen molar-refractivity contribution in [2.24, 2.45) is 11.7 Å². The van der Waals surface area contributed by atoms with Gasteiger partial charge in [0, 0.05) is 19.5 Å². The molecular formula is C11H19N3O4. The molecule has 0 radical (unpaired) electrons. The van der Waals surface area contributed by atoms with Gasteiger partial charge in [-0.3, -0.25) is 14.9 Å². The standard InChI is InChI=1S/C11H19N3O4/c1-18-10(16)8-3-2-5-14(7-8)6-4-9(15)13-11(12)17/h8H,2-7H2,1H3,(H3,12,13,15,17). The summed E-state index contributed by atoms with van der Waals surface area (Å²) in [5.74, 6) is -0.730. The zero-order chi connectivity index (χ0) is 13.5. The van der Waals surface area contributed by atoms with Crippen LogP contribution in [-0.4, -0.2) is 49.6 Å². The molecule has 18 heavy (non-hydrogen) atoms. The third-order valence-electron chi connectivity index (χ3n) is 2.96. The van der Waals surface area contributed by atoms with E-state index in [4.69, 9.17) is 10.5 Å². The van der Waals surface area contributed by atoms with Gasteiger partial charge in [-0.2, -0.15) is 0 Å². The van der Waals surface area contributed by atoms with Crippen LogP contribution in [0.25, 0.3) is 0 Å². The van der Waals surface area contributed by atoms with Crippen LogP contribution in [-0.2, 0) is 14.3 Å². The van der Waals surface area contributed by atoms with E-state index in [0.717, 1.165) is 19.4 Å². The number of esters is 1. The fourth-order valence-corrected chi connectivity index (χ4v) is 2.08. The first-order valence-corrected chi connectivity index (χ1v) is 5.92. The largest absolute Gasteiger partial charge is 0.469 e. The fourth-order valence-electron chi connectivity index (χ4n) is 2.08. The molecule has 1 saturated heterocycles. The highest BCUT2D eigenvalue weighted by atomic mass is 16.5. The molecule has 7 nitrogen and oxygen atoms in total. The number of carbonyl (C=O) groups is 3. The number of piperidine rings is 1. The molecule has 1 fully saturated rings. The van der Waals surface area contributed by atoms with Crippen molar-refractivity contribution in [1.82, 2.24) is 10.2 Å². The lowest BCUT2D eigenvalue weighted by molar-refractivity contribution is -0.147. The second-order valence-corrected chi connectivity index (χ2v) is 4.33. The monoisotopic (exact) mass is 257 g/mol. The highest BCUT2D eigenvalue weighted by Crippen LogP contribution is 2.17. The van der Waals surface area contributed by atoms with E-state index in [1.54, 1.807) is 0 Å². The molecule has 0 aromatic heterocycles.